The standard InChI is InChI=1S/C29H44O5Si/c1-8-11-28(30)23(33-35(6,7)24(2,3)4)18-22-20-9-13-26-19-27(31-16-17-32-27)14-15-29(26,34-26)21(20)10-12-25(22,28)5/h10,20,22-23,30H,9,12-19H2,1-7H3/t20-,22+,23-,25+,26-,28+,29-/m1/s1. The molecule has 0 bridgehead atoms. The second kappa shape index (κ2) is 7.24. The van der Waals surface area contributed by atoms with Crippen molar-refractivity contribution < 1.29 is 23.7 Å². The smallest absolute Gasteiger partial charge is 0.192 e. The Hall–Kier alpha value is -0.683. The average molecular weight is 501 g/mol. The molecular formula is C29H44O5Si. The van der Waals surface area contributed by atoms with E-state index in [9.17, 15) is 5.11 Å². The predicted octanol–water partition coefficient (Wildman–Crippen LogP) is 5.33. The highest BCUT2D eigenvalue weighted by Gasteiger charge is 2.80. The molecule has 6 heteroatoms. The van der Waals surface area contributed by atoms with Gasteiger partial charge in [-0.1, -0.05) is 39.7 Å². The first-order valence-corrected chi connectivity index (χ1v) is 16.7. The van der Waals surface area contributed by atoms with Crippen LogP contribution in [-0.4, -0.2) is 55.3 Å². The van der Waals surface area contributed by atoms with Gasteiger partial charge in [-0.2, -0.15) is 0 Å². The summed E-state index contributed by atoms with van der Waals surface area (Å²) < 4.78 is 25.9. The molecule has 0 radical (unpaired) electrons. The molecule has 1 N–H and O–H groups in total. The van der Waals surface area contributed by atoms with Crippen molar-refractivity contribution in [1.29, 1.82) is 0 Å². The van der Waals surface area contributed by atoms with Crippen LogP contribution >= 0.6 is 0 Å². The van der Waals surface area contributed by atoms with Crippen LogP contribution in [0.1, 0.15) is 79.6 Å². The SMILES string of the molecule is CC#C[C@]1(O)[C@H](O[Si](C)(C)C(C)(C)C)C[C@H]2[C@@H]3CC[C@@]45CC6(CC[C@@]4(O5)C3=CC[C@@]21C)OCCO6. The van der Waals surface area contributed by atoms with Gasteiger partial charge in [0.2, 0.25) is 0 Å². The number of rotatable bonds is 2. The molecule has 0 aromatic heterocycles. The van der Waals surface area contributed by atoms with Crippen LogP contribution in [0.2, 0.25) is 18.1 Å². The maximum atomic E-state index is 12.3. The lowest BCUT2D eigenvalue weighted by atomic mass is 9.53. The topological polar surface area (TPSA) is 60.5 Å². The van der Waals surface area contributed by atoms with Crippen molar-refractivity contribution in [2.45, 2.75) is 126 Å². The molecule has 0 aromatic rings. The minimum atomic E-state index is -2.08. The van der Waals surface area contributed by atoms with Crippen LogP contribution in [0, 0.1) is 29.1 Å². The Morgan fingerprint density at radius 3 is 2.51 bits per heavy atom. The zero-order chi connectivity index (χ0) is 25.1. The normalized spacial score (nSPS) is 47.7. The summed E-state index contributed by atoms with van der Waals surface area (Å²) in [7, 11) is -2.08. The van der Waals surface area contributed by atoms with Crippen LogP contribution in [0.3, 0.4) is 0 Å². The van der Waals surface area contributed by atoms with Crippen molar-refractivity contribution in [3.63, 3.8) is 0 Å². The number of aliphatic hydroxyl groups is 1. The van der Waals surface area contributed by atoms with Gasteiger partial charge >= 0.3 is 0 Å². The van der Waals surface area contributed by atoms with Gasteiger partial charge in [0.25, 0.3) is 0 Å². The molecule has 2 saturated heterocycles. The van der Waals surface area contributed by atoms with Crippen LogP contribution in [0.25, 0.3) is 0 Å². The summed E-state index contributed by atoms with van der Waals surface area (Å²) in [6.07, 6.45) is 8.75. The number of allylic oxidation sites excluding steroid dienone is 1. The van der Waals surface area contributed by atoms with Crippen molar-refractivity contribution in [3.05, 3.63) is 11.6 Å². The molecule has 194 valence electrons. The van der Waals surface area contributed by atoms with E-state index in [2.05, 4.69) is 58.7 Å². The maximum absolute atomic E-state index is 12.3. The lowest BCUT2D eigenvalue weighted by Gasteiger charge is -2.51. The number of epoxide rings is 1. The third-order valence-electron chi connectivity index (χ3n) is 11.4. The van der Waals surface area contributed by atoms with E-state index in [0.29, 0.717) is 25.0 Å². The first kappa shape index (κ1) is 24.6. The quantitative estimate of drug-likeness (QED) is 0.240. The summed E-state index contributed by atoms with van der Waals surface area (Å²) in [6.45, 7) is 16.9. The average Bonchev–Trinajstić information content (AvgIpc) is 3.16. The lowest BCUT2D eigenvalue weighted by Crippen LogP contribution is -2.57. The summed E-state index contributed by atoms with van der Waals surface area (Å²) in [4.78, 5) is 0. The fraction of sp³-hybridized carbons (Fsp3) is 0.862. The highest BCUT2D eigenvalue weighted by molar-refractivity contribution is 6.74. The van der Waals surface area contributed by atoms with Gasteiger partial charge in [-0.3, -0.25) is 0 Å². The van der Waals surface area contributed by atoms with Gasteiger partial charge in [0, 0.05) is 18.3 Å². The summed E-state index contributed by atoms with van der Waals surface area (Å²) >= 11 is 0. The van der Waals surface area contributed by atoms with Gasteiger partial charge in [0.1, 0.15) is 11.2 Å². The molecule has 7 atom stereocenters. The molecule has 5 fully saturated rings. The van der Waals surface area contributed by atoms with Gasteiger partial charge in [0.05, 0.1) is 19.3 Å². The van der Waals surface area contributed by atoms with Gasteiger partial charge in [0.15, 0.2) is 19.7 Å². The highest BCUT2D eigenvalue weighted by Crippen LogP contribution is 2.74. The van der Waals surface area contributed by atoms with Gasteiger partial charge < -0.3 is 23.7 Å². The Kier molecular flexibility index (Phi) is 5.10. The van der Waals surface area contributed by atoms with E-state index < -0.39 is 19.7 Å². The van der Waals surface area contributed by atoms with Crippen LogP contribution < -0.4 is 0 Å². The molecule has 2 aliphatic heterocycles. The van der Waals surface area contributed by atoms with E-state index in [1.165, 1.54) is 5.57 Å². The Bertz CT molecular complexity index is 1010. The minimum absolute atomic E-state index is 0.0827. The molecule has 1 spiro atoms. The Balaban J connectivity index is 1.33. The summed E-state index contributed by atoms with van der Waals surface area (Å²) in [5, 5.41) is 12.4. The van der Waals surface area contributed by atoms with E-state index in [1.54, 1.807) is 0 Å². The van der Waals surface area contributed by atoms with Crippen molar-refractivity contribution in [3.8, 4) is 11.8 Å². The molecule has 4 aliphatic carbocycles. The van der Waals surface area contributed by atoms with Crippen molar-refractivity contribution in [1.82, 2.24) is 0 Å². The van der Waals surface area contributed by atoms with Crippen molar-refractivity contribution in [2.24, 2.45) is 17.3 Å². The predicted molar refractivity (Wildman–Crippen MR) is 137 cm³/mol. The molecule has 0 amide bonds. The summed E-state index contributed by atoms with van der Waals surface area (Å²) in [5.74, 6) is 6.72. The van der Waals surface area contributed by atoms with Gasteiger partial charge in [-0.25, -0.2) is 0 Å². The third kappa shape index (κ3) is 3.06. The number of fused-ring (bicyclic) bond motifs is 3. The Morgan fingerprint density at radius 2 is 1.86 bits per heavy atom. The van der Waals surface area contributed by atoms with Crippen LogP contribution in [0.5, 0.6) is 0 Å². The Morgan fingerprint density at radius 1 is 1.14 bits per heavy atom. The van der Waals surface area contributed by atoms with E-state index in [4.69, 9.17) is 18.6 Å². The minimum Gasteiger partial charge on any atom is -0.410 e. The summed E-state index contributed by atoms with van der Waals surface area (Å²) in [5.41, 5.74) is -0.233. The number of ether oxygens (including phenoxy) is 3. The molecule has 6 rings (SSSR count). The largest absolute Gasteiger partial charge is 0.410 e. The molecular weight excluding hydrogens is 456 g/mol. The zero-order valence-corrected chi connectivity index (χ0v) is 23.8. The van der Waals surface area contributed by atoms with E-state index in [1.807, 2.05) is 6.92 Å². The Labute approximate surface area is 212 Å². The lowest BCUT2D eigenvalue weighted by molar-refractivity contribution is -0.185. The van der Waals surface area contributed by atoms with Crippen molar-refractivity contribution in [2.75, 3.05) is 13.2 Å². The number of hydrogen-bond acceptors (Lipinski definition) is 5. The van der Waals surface area contributed by atoms with Crippen LogP contribution in [-0.2, 0) is 18.6 Å². The molecule has 6 aliphatic rings. The molecule has 3 saturated carbocycles. The van der Waals surface area contributed by atoms with E-state index >= 15 is 0 Å². The van der Waals surface area contributed by atoms with Crippen LogP contribution in [0.4, 0.5) is 0 Å². The second-order valence-electron chi connectivity index (χ2n) is 14.0. The zero-order valence-electron chi connectivity index (χ0n) is 22.8. The summed E-state index contributed by atoms with van der Waals surface area (Å²) in [6, 6.07) is 0. The second-order valence-corrected chi connectivity index (χ2v) is 18.7. The molecule has 35 heavy (non-hydrogen) atoms. The molecule has 2 heterocycles. The third-order valence-corrected chi connectivity index (χ3v) is 15.9. The van der Waals surface area contributed by atoms with Crippen LogP contribution in [0.15, 0.2) is 11.6 Å². The van der Waals surface area contributed by atoms with Gasteiger partial charge in [-0.15, -0.1) is 5.92 Å². The van der Waals surface area contributed by atoms with E-state index in [0.717, 1.165) is 44.9 Å². The fourth-order valence-electron chi connectivity index (χ4n) is 8.41. The highest BCUT2D eigenvalue weighted by atomic mass is 28.4. The number of hydrogen-bond donors (Lipinski definition) is 1. The molecule has 5 nitrogen and oxygen atoms in total. The monoisotopic (exact) mass is 500 g/mol. The molecule has 0 aromatic carbocycles. The fourth-order valence-corrected chi connectivity index (χ4v) is 9.74. The molecule has 0 unspecified atom stereocenters. The van der Waals surface area contributed by atoms with Crippen molar-refractivity contribution >= 4 is 8.32 Å². The first-order valence-electron chi connectivity index (χ1n) is 13.8. The first-order chi connectivity index (χ1) is 16.3. The van der Waals surface area contributed by atoms with Gasteiger partial charge in [-0.05, 0) is 74.6 Å². The maximum Gasteiger partial charge on any atom is 0.192 e. The van der Waals surface area contributed by atoms with E-state index in [-0.39, 0.29) is 27.8 Å².